The number of halogens is 1. The van der Waals surface area contributed by atoms with Gasteiger partial charge in [0.15, 0.2) is 0 Å². The number of carbonyl (C=O) groups is 2. The van der Waals surface area contributed by atoms with Crippen LogP contribution in [0.3, 0.4) is 0 Å². The number of benzene rings is 1. The number of nitrogens with zero attached hydrogens (tertiary/aromatic N) is 1. The third-order valence-electron chi connectivity index (χ3n) is 2.80. The number of ether oxygens (including phenoxy) is 1. The number of carbonyl (C=O) groups excluding carboxylic acids is 2. The van der Waals surface area contributed by atoms with Crippen LogP contribution in [0.4, 0.5) is 5.69 Å². The van der Waals surface area contributed by atoms with Gasteiger partial charge < -0.3 is 9.64 Å². The number of hydrogen-bond acceptors (Lipinski definition) is 3. The van der Waals surface area contributed by atoms with E-state index in [2.05, 4.69) is 27.3 Å². The molecule has 1 unspecified atom stereocenters. The molecule has 0 radical (unpaired) electrons. The van der Waals surface area contributed by atoms with Crippen molar-refractivity contribution >= 4 is 40.2 Å². The molecule has 0 bridgehead atoms. The van der Waals surface area contributed by atoms with Crippen molar-refractivity contribution in [2.45, 2.75) is 6.42 Å². The molecule has 4 nitrogen and oxygen atoms in total. The zero-order valence-corrected chi connectivity index (χ0v) is 11.5. The topological polar surface area (TPSA) is 46.6 Å². The number of amides is 1. The van der Waals surface area contributed by atoms with E-state index in [-0.39, 0.29) is 24.2 Å². The van der Waals surface area contributed by atoms with Gasteiger partial charge in [-0.15, -0.1) is 0 Å². The Hall–Kier alpha value is -1.11. The molecule has 0 aromatic heterocycles. The molecule has 0 saturated carbocycles. The van der Waals surface area contributed by atoms with Crippen LogP contribution < -0.4 is 4.90 Å². The summed E-state index contributed by atoms with van der Waals surface area (Å²) in [4.78, 5) is 24.9. The van der Waals surface area contributed by atoms with Crippen molar-refractivity contribution in [1.82, 2.24) is 0 Å². The maximum absolute atomic E-state index is 11.9. The first-order valence-electron chi connectivity index (χ1n) is 5.26. The van der Waals surface area contributed by atoms with Crippen molar-refractivity contribution in [1.29, 1.82) is 0 Å². The molecule has 0 spiro atoms. The Kier molecular flexibility index (Phi) is 3.66. The highest BCUT2D eigenvalue weighted by molar-refractivity contribution is 14.1. The van der Waals surface area contributed by atoms with Crippen LogP contribution in [0.25, 0.3) is 0 Å². The minimum Gasteiger partial charge on any atom is -0.469 e. The summed E-state index contributed by atoms with van der Waals surface area (Å²) in [6, 6.07) is 7.63. The summed E-state index contributed by atoms with van der Waals surface area (Å²) in [6.45, 7) is 0.408. The summed E-state index contributed by atoms with van der Waals surface area (Å²) in [6.07, 6.45) is 0.234. The fraction of sp³-hybridized carbons (Fsp3) is 0.333. The number of para-hydroxylation sites is 1. The molecule has 1 aromatic rings. The fourth-order valence-electron chi connectivity index (χ4n) is 1.94. The van der Waals surface area contributed by atoms with Crippen molar-refractivity contribution < 1.29 is 14.3 Å². The van der Waals surface area contributed by atoms with Crippen LogP contribution in [0.2, 0.25) is 0 Å². The molecule has 90 valence electrons. The third kappa shape index (κ3) is 2.43. The third-order valence-corrected chi connectivity index (χ3v) is 3.72. The fourth-order valence-corrected chi connectivity index (χ4v) is 2.61. The molecule has 0 aliphatic carbocycles. The SMILES string of the molecule is COC(=O)C1CC(=O)N(c2ccccc2I)C1. The molecule has 1 aliphatic rings. The van der Waals surface area contributed by atoms with Crippen LogP contribution in [-0.2, 0) is 14.3 Å². The summed E-state index contributed by atoms with van der Waals surface area (Å²) in [5.74, 6) is -0.681. The minimum absolute atomic E-state index is 0.0236. The first-order valence-corrected chi connectivity index (χ1v) is 6.34. The Morgan fingerprint density at radius 2 is 2.18 bits per heavy atom. The molecule has 5 heteroatoms. The van der Waals surface area contributed by atoms with Gasteiger partial charge in [-0.3, -0.25) is 9.59 Å². The molecule has 17 heavy (non-hydrogen) atoms. The maximum Gasteiger partial charge on any atom is 0.311 e. The molecular weight excluding hydrogens is 333 g/mol. The summed E-state index contributed by atoms with van der Waals surface area (Å²) in [5, 5.41) is 0. The molecular formula is C12H12INO3. The van der Waals surface area contributed by atoms with Crippen LogP contribution in [0, 0.1) is 9.49 Å². The van der Waals surface area contributed by atoms with Gasteiger partial charge in [-0.05, 0) is 34.7 Å². The minimum atomic E-state index is -0.344. The Morgan fingerprint density at radius 1 is 1.47 bits per heavy atom. The summed E-state index contributed by atoms with van der Waals surface area (Å²) < 4.78 is 5.68. The van der Waals surface area contributed by atoms with E-state index < -0.39 is 0 Å². The van der Waals surface area contributed by atoms with Crippen molar-refractivity contribution in [3.63, 3.8) is 0 Å². The average molecular weight is 345 g/mol. The quantitative estimate of drug-likeness (QED) is 0.607. The lowest BCUT2D eigenvalue weighted by Gasteiger charge is -2.17. The molecule has 1 aliphatic heterocycles. The second-order valence-corrected chi connectivity index (χ2v) is 5.04. The number of esters is 1. The number of methoxy groups -OCH3 is 1. The first kappa shape index (κ1) is 12.3. The number of hydrogen-bond donors (Lipinski definition) is 0. The molecule has 2 rings (SSSR count). The largest absolute Gasteiger partial charge is 0.469 e. The zero-order chi connectivity index (χ0) is 12.4. The average Bonchev–Trinajstić information content (AvgIpc) is 2.71. The van der Waals surface area contributed by atoms with Crippen LogP contribution in [0.1, 0.15) is 6.42 Å². The zero-order valence-electron chi connectivity index (χ0n) is 9.35. The Balaban J connectivity index is 2.22. The van der Waals surface area contributed by atoms with E-state index in [0.29, 0.717) is 6.54 Å². The summed E-state index contributed by atoms with van der Waals surface area (Å²) >= 11 is 2.18. The predicted octanol–water partition coefficient (Wildman–Crippen LogP) is 1.82. The van der Waals surface area contributed by atoms with Gasteiger partial charge in [-0.25, -0.2) is 0 Å². The summed E-state index contributed by atoms with van der Waals surface area (Å²) in [7, 11) is 1.35. The van der Waals surface area contributed by atoms with E-state index in [4.69, 9.17) is 0 Å². The van der Waals surface area contributed by atoms with Gasteiger partial charge in [0, 0.05) is 16.5 Å². The van der Waals surface area contributed by atoms with Gasteiger partial charge in [0.1, 0.15) is 0 Å². The van der Waals surface area contributed by atoms with E-state index in [1.54, 1.807) is 4.90 Å². The van der Waals surface area contributed by atoms with E-state index in [1.807, 2.05) is 24.3 Å². The molecule has 1 saturated heterocycles. The second kappa shape index (κ2) is 5.03. The molecule has 1 aromatic carbocycles. The molecule has 1 amide bonds. The molecule has 1 heterocycles. The van der Waals surface area contributed by atoms with Crippen LogP contribution in [-0.4, -0.2) is 25.5 Å². The molecule has 1 atom stereocenters. The van der Waals surface area contributed by atoms with Gasteiger partial charge in [-0.1, -0.05) is 12.1 Å². The highest BCUT2D eigenvalue weighted by Crippen LogP contribution is 2.29. The maximum atomic E-state index is 11.9. The lowest BCUT2D eigenvalue weighted by molar-refractivity contribution is -0.145. The van der Waals surface area contributed by atoms with E-state index in [1.165, 1.54) is 7.11 Å². The normalized spacial score (nSPS) is 19.5. The monoisotopic (exact) mass is 345 g/mol. The van der Waals surface area contributed by atoms with Gasteiger partial charge in [0.05, 0.1) is 18.7 Å². The van der Waals surface area contributed by atoms with E-state index in [0.717, 1.165) is 9.26 Å². The first-order chi connectivity index (χ1) is 8.13. The van der Waals surface area contributed by atoms with Gasteiger partial charge in [0.25, 0.3) is 0 Å². The second-order valence-electron chi connectivity index (χ2n) is 3.88. The lowest BCUT2D eigenvalue weighted by atomic mass is 10.1. The van der Waals surface area contributed by atoms with Gasteiger partial charge >= 0.3 is 5.97 Å². The standard InChI is InChI=1S/C12H12INO3/c1-17-12(16)8-6-11(15)14(7-8)10-5-3-2-4-9(10)13/h2-5,8H,6-7H2,1H3. The Morgan fingerprint density at radius 3 is 2.82 bits per heavy atom. The van der Waals surface area contributed by atoms with Crippen molar-refractivity contribution in [2.75, 3.05) is 18.6 Å². The van der Waals surface area contributed by atoms with Crippen molar-refractivity contribution in [3.8, 4) is 0 Å². The molecule has 1 fully saturated rings. The van der Waals surface area contributed by atoms with Gasteiger partial charge in [0.2, 0.25) is 5.91 Å². The Labute approximate surface area is 113 Å². The number of rotatable bonds is 2. The predicted molar refractivity (Wildman–Crippen MR) is 71.6 cm³/mol. The smallest absolute Gasteiger partial charge is 0.311 e. The van der Waals surface area contributed by atoms with E-state index in [9.17, 15) is 9.59 Å². The number of anilines is 1. The highest BCUT2D eigenvalue weighted by Gasteiger charge is 2.36. The summed E-state index contributed by atoms with van der Waals surface area (Å²) in [5.41, 5.74) is 0.865. The Bertz CT molecular complexity index is 461. The van der Waals surface area contributed by atoms with Crippen molar-refractivity contribution in [3.05, 3.63) is 27.8 Å². The van der Waals surface area contributed by atoms with Crippen molar-refractivity contribution in [2.24, 2.45) is 5.92 Å². The highest BCUT2D eigenvalue weighted by atomic mass is 127. The van der Waals surface area contributed by atoms with E-state index >= 15 is 0 Å². The lowest BCUT2D eigenvalue weighted by Crippen LogP contribution is -2.26. The van der Waals surface area contributed by atoms with Crippen LogP contribution >= 0.6 is 22.6 Å². The van der Waals surface area contributed by atoms with Crippen LogP contribution in [0.5, 0.6) is 0 Å². The molecule has 0 N–H and O–H groups in total. The van der Waals surface area contributed by atoms with Gasteiger partial charge in [-0.2, -0.15) is 0 Å². The van der Waals surface area contributed by atoms with Crippen LogP contribution in [0.15, 0.2) is 24.3 Å².